The number of nitrogens with zero attached hydrogens (tertiary/aromatic N) is 2. The number of esters is 1. The summed E-state index contributed by atoms with van der Waals surface area (Å²) in [5.41, 5.74) is 1.36. The third-order valence-corrected chi connectivity index (χ3v) is 7.32. The SMILES string of the molecule is CCN(C(=O)COC(=O)c1cc(-c2ccc(C)o2)nc2ccccc12)[C@@H]1CCS(=O)(=O)C1. The number of fused-ring (bicyclic) bond motifs is 1. The topological polar surface area (TPSA) is 107 Å². The largest absolute Gasteiger partial charge is 0.460 e. The summed E-state index contributed by atoms with van der Waals surface area (Å²) in [6.07, 6.45) is 0.400. The summed E-state index contributed by atoms with van der Waals surface area (Å²) in [6.45, 7) is 3.48. The van der Waals surface area contributed by atoms with Gasteiger partial charge in [0.1, 0.15) is 11.5 Å². The highest BCUT2D eigenvalue weighted by Gasteiger charge is 2.34. The number of benzene rings is 1. The molecular weight excluding hydrogens is 432 g/mol. The number of rotatable bonds is 6. The van der Waals surface area contributed by atoms with Crippen LogP contribution in [0.2, 0.25) is 0 Å². The fourth-order valence-electron chi connectivity index (χ4n) is 3.99. The Hall–Kier alpha value is -3.20. The van der Waals surface area contributed by atoms with Crippen molar-refractivity contribution in [2.24, 2.45) is 0 Å². The van der Waals surface area contributed by atoms with Gasteiger partial charge < -0.3 is 14.1 Å². The van der Waals surface area contributed by atoms with Gasteiger partial charge in [-0.2, -0.15) is 0 Å². The van der Waals surface area contributed by atoms with E-state index >= 15 is 0 Å². The molecule has 1 saturated heterocycles. The highest BCUT2D eigenvalue weighted by molar-refractivity contribution is 7.91. The lowest BCUT2D eigenvalue weighted by Gasteiger charge is -2.26. The molecule has 0 aliphatic carbocycles. The summed E-state index contributed by atoms with van der Waals surface area (Å²) in [4.78, 5) is 31.7. The van der Waals surface area contributed by atoms with Crippen LogP contribution in [0.15, 0.2) is 46.9 Å². The van der Waals surface area contributed by atoms with Crippen LogP contribution in [0.1, 0.15) is 29.5 Å². The van der Waals surface area contributed by atoms with Gasteiger partial charge in [-0.05, 0) is 44.5 Å². The van der Waals surface area contributed by atoms with Gasteiger partial charge in [0, 0.05) is 18.0 Å². The summed E-state index contributed by atoms with van der Waals surface area (Å²) < 4.78 is 34.5. The molecule has 1 amide bonds. The number of aromatic nitrogens is 1. The molecule has 0 bridgehead atoms. The molecule has 9 heteroatoms. The molecule has 0 N–H and O–H groups in total. The number of furan rings is 1. The second kappa shape index (κ2) is 8.74. The van der Waals surface area contributed by atoms with Crippen molar-refractivity contribution in [2.45, 2.75) is 26.3 Å². The Bertz CT molecular complexity index is 1280. The minimum Gasteiger partial charge on any atom is -0.460 e. The Morgan fingerprint density at radius 1 is 1.22 bits per heavy atom. The quantitative estimate of drug-likeness (QED) is 0.525. The summed E-state index contributed by atoms with van der Waals surface area (Å²) in [5.74, 6) is 0.191. The molecule has 1 aromatic carbocycles. The number of pyridine rings is 1. The van der Waals surface area contributed by atoms with E-state index in [1.54, 1.807) is 37.3 Å². The Labute approximate surface area is 186 Å². The molecule has 3 aromatic rings. The van der Waals surface area contributed by atoms with E-state index in [0.29, 0.717) is 35.3 Å². The third-order valence-electron chi connectivity index (χ3n) is 5.57. The van der Waals surface area contributed by atoms with Crippen LogP contribution in [0.3, 0.4) is 0 Å². The Morgan fingerprint density at radius 2 is 2.00 bits per heavy atom. The van der Waals surface area contributed by atoms with Gasteiger partial charge in [-0.1, -0.05) is 18.2 Å². The highest BCUT2D eigenvalue weighted by Crippen LogP contribution is 2.27. The summed E-state index contributed by atoms with van der Waals surface area (Å²) in [5, 5.41) is 0.603. The number of hydrogen-bond donors (Lipinski definition) is 0. The van der Waals surface area contributed by atoms with E-state index < -0.39 is 28.3 Å². The number of aryl methyl sites for hydroxylation is 1. The minimum atomic E-state index is -3.13. The lowest BCUT2D eigenvalue weighted by molar-refractivity contribution is -0.136. The van der Waals surface area contributed by atoms with Crippen molar-refractivity contribution in [3.63, 3.8) is 0 Å². The predicted octanol–water partition coefficient (Wildman–Crippen LogP) is 3.00. The molecule has 3 heterocycles. The van der Waals surface area contributed by atoms with Crippen molar-refractivity contribution in [2.75, 3.05) is 24.7 Å². The molecule has 32 heavy (non-hydrogen) atoms. The van der Waals surface area contributed by atoms with Crippen molar-refractivity contribution in [1.29, 1.82) is 0 Å². The van der Waals surface area contributed by atoms with Crippen LogP contribution in [-0.2, 0) is 19.4 Å². The number of carbonyl (C=O) groups is 2. The molecule has 0 unspecified atom stereocenters. The van der Waals surface area contributed by atoms with E-state index in [9.17, 15) is 18.0 Å². The van der Waals surface area contributed by atoms with Crippen LogP contribution in [0, 0.1) is 6.92 Å². The highest BCUT2D eigenvalue weighted by atomic mass is 32.2. The Kier molecular flexibility index (Phi) is 6.01. The molecule has 0 radical (unpaired) electrons. The van der Waals surface area contributed by atoms with Crippen LogP contribution < -0.4 is 0 Å². The zero-order valence-corrected chi connectivity index (χ0v) is 18.7. The van der Waals surface area contributed by atoms with Crippen molar-refractivity contribution >= 4 is 32.6 Å². The molecule has 1 atom stereocenters. The number of amides is 1. The van der Waals surface area contributed by atoms with Crippen LogP contribution in [0.5, 0.6) is 0 Å². The zero-order valence-electron chi connectivity index (χ0n) is 17.9. The Balaban J connectivity index is 1.55. The molecule has 1 aliphatic rings. The first-order valence-corrected chi connectivity index (χ1v) is 12.2. The number of hydrogen-bond acceptors (Lipinski definition) is 7. The van der Waals surface area contributed by atoms with Crippen molar-refractivity contribution in [3.05, 3.63) is 53.8 Å². The molecule has 168 valence electrons. The van der Waals surface area contributed by atoms with Crippen molar-refractivity contribution in [3.8, 4) is 11.5 Å². The van der Waals surface area contributed by atoms with Gasteiger partial charge >= 0.3 is 5.97 Å². The predicted molar refractivity (Wildman–Crippen MR) is 119 cm³/mol. The maximum atomic E-state index is 12.9. The van der Waals surface area contributed by atoms with E-state index in [-0.39, 0.29) is 23.1 Å². The molecule has 4 rings (SSSR count). The standard InChI is InChI=1S/C23H24N2O6S/c1-3-25(16-10-11-32(28,29)14-16)22(26)13-30-23(27)18-12-20(21-9-8-15(2)31-21)24-19-7-5-4-6-17(18)19/h4-9,12,16H,3,10-11,13-14H2,1-2H3/t16-/m1/s1. The van der Waals surface area contributed by atoms with E-state index in [1.165, 1.54) is 4.90 Å². The monoisotopic (exact) mass is 456 g/mol. The fourth-order valence-corrected chi connectivity index (χ4v) is 5.72. The van der Waals surface area contributed by atoms with E-state index in [4.69, 9.17) is 9.15 Å². The average Bonchev–Trinajstić information content (AvgIpc) is 3.36. The fraction of sp³-hybridized carbons (Fsp3) is 0.348. The van der Waals surface area contributed by atoms with Gasteiger partial charge in [-0.3, -0.25) is 4.79 Å². The van der Waals surface area contributed by atoms with Gasteiger partial charge in [0.25, 0.3) is 5.91 Å². The van der Waals surface area contributed by atoms with Crippen LogP contribution in [0.4, 0.5) is 0 Å². The third kappa shape index (κ3) is 4.52. The summed E-state index contributed by atoms with van der Waals surface area (Å²) in [7, 11) is -3.13. The summed E-state index contributed by atoms with van der Waals surface area (Å²) >= 11 is 0. The molecule has 2 aromatic heterocycles. The maximum absolute atomic E-state index is 12.9. The normalized spacial score (nSPS) is 17.4. The van der Waals surface area contributed by atoms with E-state index in [2.05, 4.69) is 4.98 Å². The lowest BCUT2D eigenvalue weighted by Crippen LogP contribution is -2.43. The maximum Gasteiger partial charge on any atom is 0.339 e. The van der Waals surface area contributed by atoms with Crippen LogP contribution in [-0.4, -0.2) is 60.9 Å². The second-order valence-electron chi connectivity index (χ2n) is 7.80. The van der Waals surface area contributed by atoms with Gasteiger partial charge in [0.2, 0.25) is 0 Å². The van der Waals surface area contributed by atoms with Crippen molar-refractivity contribution in [1.82, 2.24) is 9.88 Å². The number of sulfone groups is 1. The van der Waals surface area contributed by atoms with E-state index in [0.717, 1.165) is 5.76 Å². The van der Waals surface area contributed by atoms with Crippen molar-refractivity contribution < 1.29 is 27.2 Å². The first kappa shape index (κ1) is 22.0. The first-order chi connectivity index (χ1) is 15.3. The number of ether oxygens (including phenoxy) is 1. The first-order valence-electron chi connectivity index (χ1n) is 10.4. The Morgan fingerprint density at radius 3 is 2.66 bits per heavy atom. The number of carbonyl (C=O) groups excluding carboxylic acids is 2. The lowest BCUT2D eigenvalue weighted by atomic mass is 10.1. The number of likely N-dealkylation sites (N-methyl/N-ethyl adjacent to an activating group) is 1. The molecule has 1 aliphatic heterocycles. The summed E-state index contributed by atoms with van der Waals surface area (Å²) in [6, 6.07) is 12.0. The van der Waals surface area contributed by atoms with Crippen LogP contribution >= 0.6 is 0 Å². The molecule has 1 fully saturated rings. The zero-order chi connectivity index (χ0) is 22.9. The molecule has 0 saturated carbocycles. The van der Waals surface area contributed by atoms with Gasteiger partial charge in [0.05, 0.1) is 22.6 Å². The molecule has 8 nitrogen and oxygen atoms in total. The van der Waals surface area contributed by atoms with Gasteiger partial charge in [-0.15, -0.1) is 0 Å². The minimum absolute atomic E-state index is 0.0541. The average molecular weight is 457 g/mol. The second-order valence-corrected chi connectivity index (χ2v) is 10.0. The van der Waals surface area contributed by atoms with Gasteiger partial charge in [0.15, 0.2) is 22.2 Å². The van der Waals surface area contributed by atoms with Crippen LogP contribution in [0.25, 0.3) is 22.4 Å². The number of para-hydroxylation sites is 1. The van der Waals surface area contributed by atoms with E-state index in [1.807, 2.05) is 19.1 Å². The molecule has 0 spiro atoms. The smallest absolute Gasteiger partial charge is 0.339 e. The molecular formula is C23H24N2O6S. The van der Waals surface area contributed by atoms with Gasteiger partial charge in [-0.25, -0.2) is 18.2 Å².